The quantitative estimate of drug-likeness (QED) is 0.758. The highest BCUT2D eigenvalue weighted by Crippen LogP contribution is 2.31. The molecule has 0 radical (unpaired) electrons. The molecule has 0 aliphatic carbocycles. The highest BCUT2D eigenvalue weighted by Gasteiger charge is 2.49. The number of amides is 1. The van der Waals surface area contributed by atoms with E-state index in [9.17, 15) is 9.59 Å². The maximum atomic E-state index is 12.3. The zero-order valence-electron chi connectivity index (χ0n) is 13.3. The van der Waals surface area contributed by atoms with Crippen LogP contribution >= 0.6 is 0 Å². The van der Waals surface area contributed by atoms with Gasteiger partial charge in [-0.1, -0.05) is 44.2 Å². The molecule has 0 bridgehead atoms. The Balaban J connectivity index is 2.26. The van der Waals surface area contributed by atoms with Gasteiger partial charge in [-0.15, -0.1) is 0 Å². The summed E-state index contributed by atoms with van der Waals surface area (Å²) in [5.41, 5.74) is 0.957. The normalized spacial score (nSPS) is 21.1. The van der Waals surface area contributed by atoms with Crippen LogP contribution in [0.3, 0.4) is 0 Å². The molecule has 1 saturated heterocycles. The zero-order valence-corrected chi connectivity index (χ0v) is 13.3. The predicted octanol–water partition coefficient (Wildman–Crippen LogP) is 2.99. The summed E-state index contributed by atoms with van der Waals surface area (Å²) in [7, 11) is 1.34. The molecular weight excluding hydrogens is 282 g/mol. The second-order valence-corrected chi connectivity index (χ2v) is 5.51. The van der Waals surface area contributed by atoms with E-state index >= 15 is 0 Å². The lowest BCUT2D eigenvalue weighted by Gasteiger charge is -2.26. The van der Waals surface area contributed by atoms with Crippen molar-refractivity contribution in [2.24, 2.45) is 5.92 Å². The molecule has 1 fully saturated rings. The molecule has 22 heavy (non-hydrogen) atoms. The standard InChI is InChI=1S/C17H23NO4/c1-4-13(5-2)15-14(16(19)21-3)18(17(20)22-15)11-12-9-7-6-8-10-12/h6-10,13-15H,4-5,11H2,1-3H3/t14-,15+/m1/s1. The number of cyclic esters (lactones) is 1. The molecule has 1 amide bonds. The van der Waals surface area contributed by atoms with Crippen molar-refractivity contribution in [2.45, 2.75) is 45.4 Å². The lowest BCUT2D eigenvalue weighted by Crippen LogP contribution is -2.45. The zero-order chi connectivity index (χ0) is 16.1. The average molecular weight is 305 g/mol. The van der Waals surface area contributed by atoms with Crippen LogP contribution in [-0.4, -0.2) is 36.2 Å². The van der Waals surface area contributed by atoms with Crippen LogP contribution in [0.1, 0.15) is 32.3 Å². The lowest BCUT2D eigenvalue weighted by atomic mass is 9.91. The van der Waals surface area contributed by atoms with Crippen LogP contribution < -0.4 is 0 Å². The number of nitrogens with zero attached hydrogens (tertiary/aromatic N) is 1. The molecular formula is C17H23NO4. The van der Waals surface area contributed by atoms with Crippen molar-refractivity contribution in [3.05, 3.63) is 35.9 Å². The van der Waals surface area contributed by atoms with Crippen molar-refractivity contribution in [3.63, 3.8) is 0 Å². The Morgan fingerprint density at radius 3 is 2.45 bits per heavy atom. The smallest absolute Gasteiger partial charge is 0.411 e. The second kappa shape index (κ2) is 7.29. The Morgan fingerprint density at radius 2 is 1.91 bits per heavy atom. The molecule has 2 atom stereocenters. The van der Waals surface area contributed by atoms with Crippen molar-refractivity contribution < 1.29 is 19.1 Å². The molecule has 2 rings (SSSR count). The Labute approximate surface area is 131 Å². The minimum Gasteiger partial charge on any atom is -0.467 e. The topological polar surface area (TPSA) is 55.8 Å². The number of esters is 1. The molecule has 1 aromatic carbocycles. The Hall–Kier alpha value is -2.04. The first-order chi connectivity index (χ1) is 10.6. The maximum absolute atomic E-state index is 12.3. The fourth-order valence-corrected chi connectivity index (χ4v) is 2.97. The summed E-state index contributed by atoms with van der Waals surface area (Å²) in [6.07, 6.45) is 0.803. The SMILES string of the molecule is CCC(CC)[C@@H]1OC(=O)N(Cc2ccccc2)[C@H]1C(=O)OC. The van der Waals surface area contributed by atoms with E-state index in [0.717, 1.165) is 18.4 Å². The van der Waals surface area contributed by atoms with Crippen LogP contribution in [0.4, 0.5) is 4.79 Å². The second-order valence-electron chi connectivity index (χ2n) is 5.51. The summed E-state index contributed by atoms with van der Waals surface area (Å²) in [5, 5.41) is 0. The van der Waals surface area contributed by atoms with Gasteiger partial charge >= 0.3 is 12.1 Å². The number of carbonyl (C=O) groups is 2. The first-order valence-corrected chi connectivity index (χ1v) is 7.71. The average Bonchev–Trinajstić information content (AvgIpc) is 2.86. The highest BCUT2D eigenvalue weighted by atomic mass is 16.6. The van der Waals surface area contributed by atoms with Gasteiger partial charge in [0.15, 0.2) is 6.04 Å². The summed E-state index contributed by atoms with van der Waals surface area (Å²) >= 11 is 0. The first kappa shape index (κ1) is 16.3. The van der Waals surface area contributed by atoms with Gasteiger partial charge in [-0.2, -0.15) is 0 Å². The molecule has 1 aliphatic rings. The van der Waals surface area contributed by atoms with Gasteiger partial charge in [0.05, 0.1) is 13.7 Å². The van der Waals surface area contributed by atoms with Gasteiger partial charge in [0, 0.05) is 0 Å². The number of ether oxygens (including phenoxy) is 2. The minimum absolute atomic E-state index is 0.147. The largest absolute Gasteiger partial charge is 0.467 e. The number of carbonyl (C=O) groups excluding carboxylic acids is 2. The molecule has 5 nitrogen and oxygen atoms in total. The molecule has 120 valence electrons. The third-order valence-corrected chi connectivity index (χ3v) is 4.27. The number of hydrogen-bond acceptors (Lipinski definition) is 4. The van der Waals surface area contributed by atoms with Gasteiger partial charge in [0.2, 0.25) is 0 Å². The molecule has 0 spiro atoms. The van der Waals surface area contributed by atoms with Gasteiger partial charge in [0.1, 0.15) is 6.10 Å². The van der Waals surface area contributed by atoms with E-state index < -0.39 is 24.2 Å². The van der Waals surface area contributed by atoms with E-state index in [-0.39, 0.29) is 5.92 Å². The van der Waals surface area contributed by atoms with Gasteiger partial charge in [-0.05, 0) is 24.3 Å². The van der Waals surface area contributed by atoms with Gasteiger partial charge in [-0.25, -0.2) is 9.59 Å². The molecule has 0 aromatic heterocycles. The molecule has 1 aromatic rings. The Morgan fingerprint density at radius 1 is 1.27 bits per heavy atom. The van der Waals surface area contributed by atoms with Crippen LogP contribution in [-0.2, 0) is 20.8 Å². The van der Waals surface area contributed by atoms with Crippen molar-refractivity contribution in [3.8, 4) is 0 Å². The molecule has 0 N–H and O–H groups in total. The number of benzene rings is 1. The number of methoxy groups -OCH3 is 1. The molecule has 1 aliphatic heterocycles. The lowest BCUT2D eigenvalue weighted by molar-refractivity contribution is -0.147. The Bertz CT molecular complexity index is 513. The van der Waals surface area contributed by atoms with Crippen LogP contribution in [0.25, 0.3) is 0 Å². The van der Waals surface area contributed by atoms with Crippen LogP contribution in [0, 0.1) is 5.92 Å². The van der Waals surface area contributed by atoms with E-state index in [4.69, 9.17) is 9.47 Å². The minimum atomic E-state index is -0.678. The monoisotopic (exact) mass is 305 g/mol. The molecule has 0 saturated carbocycles. The first-order valence-electron chi connectivity index (χ1n) is 7.71. The van der Waals surface area contributed by atoms with E-state index in [1.54, 1.807) is 0 Å². The van der Waals surface area contributed by atoms with E-state index in [0.29, 0.717) is 6.54 Å². The molecule has 1 heterocycles. The van der Waals surface area contributed by atoms with Crippen molar-refractivity contribution in [1.29, 1.82) is 0 Å². The highest BCUT2D eigenvalue weighted by molar-refractivity contribution is 5.85. The summed E-state index contributed by atoms with van der Waals surface area (Å²) in [4.78, 5) is 25.9. The summed E-state index contributed by atoms with van der Waals surface area (Å²) in [5.74, 6) is -0.271. The van der Waals surface area contributed by atoms with E-state index in [1.165, 1.54) is 12.0 Å². The van der Waals surface area contributed by atoms with Crippen LogP contribution in [0.15, 0.2) is 30.3 Å². The van der Waals surface area contributed by atoms with Crippen LogP contribution in [0.2, 0.25) is 0 Å². The molecule has 5 heteroatoms. The predicted molar refractivity (Wildman–Crippen MR) is 82.1 cm³/mol. The summed E-state index contributed by atoms with van der Waals surface area (Å²) in [6, 6.07) is 8.89. The third kappa shape index (κ3) is 3.24. The maximum Gasteiger partial charge on any atom is 0.411 e. The van der Waals surface area contributed by atoms with Gasteiger partial charge in [0.25, 0.3) is 0 Å². The van der Waals surface area contributed by atoms with Gasteiger partial charge in [-0.3, -0.25) is 4.90 Å². The van der Waals surface area contributed by atoms with E-state index in [2.05, 4.69) is 0 Å². The van der Waals surface area contributed by atoms with Crippen molar-refractivity contribution in [1.82, 2.24) is 4.90 Å². The molecule has 0 unspecified atom stereocenters. The van der Waals surface area contributed by atoms with Crippen molar-refractivity contribution in [2.75, 3.05) is 7.11 Å². The van der Waals surface area contributed by atoms with Gasteiger partial charge < -0.3 is 9.47 Å². The fourth-order valence-electron chi connectivity index (χ4n) is 2.97. The summed E-state index contributed by atoms with van der Waals surface area (Å²) < 4.78 is 10.4. The van der Waals surface area contributed by atoms with Crippen LogP contribution in [0.5, 0.6) is 0 Å². The third-order valence-electron chi connectivity index (χ3n) is 4.27. The number of rotatable bonds is 6. The summed E-state index contributed by atoms with van der Waals surface area (Å²) in [6.45, 7) is 4.42. The van der Waals surface area contributed by atoms with E-state index in [1.807, 2.05) is 44.2 Å². The fraction of sp³-hybridized carbons (Fsp3) is 0.529. The van der Waals surface area contributed by atoms with Crippen molar-refractivity contribution >= 4 is 12.1 Å². The number of hydrogen-bond donors (Lipinski definition) is 0. The Kier molecular flexibility index (Phi) is 5.41.